The normalized spacial score (nSPS) is 10.3. The average molecular weight is 469 g/mol. The van der Waals surface area contributed by atoms with Crippen LogP contribution in [0.25, 0.3) is 0 Å². The molecule has 0 aliphatic heterocycles. The summed E-state index contributed by atoms with van der Waals surface area (Å²) in [6.07, 6.45) is 2.50. The van der Waals surface area contributed by atoms with Gasteiger partial charge in [-0.2, -0.15) is 10.4 Å². The van der Waals surface area contributed by atoms with E-state index in [1.54, 1.807) is 35.1 Å². The molecule has 0 radical (unpaired) electrons. The van der Waals surface area contributed by atoms with Gasteiger partial charge in [0.25, 0.3) is 0 Å². The third kappa shape index (κ3) is 5.84. The molecule has 7 nitrogen and oxygen atoms in total. The van der Waals surface area contributed by atoms with Crippen LogP contribution >= 0.6 is 15.9 Å². The van der Waals surface area contributed by atoms with Crippen LogP contribution in [-0.4, -0.2) is 29.4 Å². The zero-order chi connectivity index (χ0) is 21.3. The molecule has 1 amide bonds. The van der Waals surface area contributed by atoms with E-state index in [1.807, 2.05) is 24.3 Å². The number of halogens is 1. The summed E-state index contributed by atoms with van der Waals surface area (Å²) in [6.45, 7) is 0.913. The molecule has 0 unspecified atom stereocenters. The SMILES string of the molecule is COc1cc(C#N)ccc1OCCCC(=O)Nc1ccnn1Cc1cccc(Br)c1. The van der Waals surface area contributed by atoms with Gasteiger partial charge in [-0.25, -0.2) is 4.68 Å². The standard InChI is InChI=1S/C22H21BrN4O3/c1-29-20-13-16(14-24)7-8-19(20)30-11-3-6-22(28)26-21-9-10-25-27(21)15-17-4-2-5-18(23)12-17/h2,4-5,7-10,12-13H,3,6,11,15H2,1H3,(H,26,28). The van der Waals surface area contributed by atoms with E-state index in [0.717, 1.165) is 10.0 Å². The van der Waals surface area contributed by atoms with Crippen LogP contribution in [0.3, 0.4) is 0 Å². The molecule has 0 aliphatic rings. The Hall–Kier alpha value is -3.31. The van der Waals surface area contributed by atoms with E-state index in [-0.39, 0.29) is 5.91 Å². The predicted molar refractivity (Wildman–Crippen MR) is 117 cm³/mol. The number of aromatic nitrogens is 2. The molecule has 0 spiro atoms. The van der Waals surface area contributed by atoms with Crippen LogP contribution in [0.5, 0.6) is 11.5 Å². The number of methoxy groups -OCH3 is 1. The molecule has 1 heterocycles. The highest BCUT2D eigenvalue weighted by Gasteiger charge is 2.10. The number of anilines is 1. The molecule has 0 saturated heterocycles. The number of benzene rings is 2. The molecule has 8 heteroatoms. The van der Waals surface area contributed by atoms with E-state index in [9.17, 15) is 4.79 Å². The minimum absolute atomic E-state index is 0.110. The summed E-state index contributed by atoms with van der Waals surface area (Å²) in [7, 11) is 1.52. The molecule has 0 bridgehead atoms. The lowest BCUT2D eigenvalue weighted by Crippen LogP contribution is -2.16. The van der Waals surface area contributed by atoms with Crippen LogP contribution in [0.2, 0.25) is 0 Å². The number of ether oxygens (including phenoxy) is 2. The Balaban J connectivity index is 1.48. The highest BCUT2D eigenvalue weighted by molar-refractivity contribution is 9.10. The van der Waals surface area contributed by atoms with Crippen molar-refractivity contribution < 1.29 is 14.3 Å². The number of hydrogen-bond donors (Lipinski definition) is 1. The van der Waals surface area contributed by atoms with Gasteiger partial charge in [-0.3, -0.25) is 4.79 Å². The van der Waals surface area contributed by atoms with E-state index in [2.05, 4.69) is 32.4 Å². The quantitative estimate of drug-likeness (QED) is 0.470. The van der Waals surface area contributed by atoms with E-state index in [4.69, 9.17) is 14.7 Å². The first-order valence-electron chi connectivity index (χ1n) is 9.36. The predicted octanol–water partition coefficient (Wildman–Crippen LogP) is 4.37. The van der Waals surface area contributed by atoms with Crippen LogP contribution in [0, 0.1) is 11.3 Å². The monoisotopic (exact) mass is 468 g/mol. The molecule has 30 heavy (non-hydrogen) atoms. The van der Waals surface area contributed by atoms with Crippen molar-refractivity contribution in [2.45, 2.75) is 19.4 Å². The van der Waals surface area contributed by atoms with Gasteiger partial charge in [0.05, 0.1) is 38.1 Å². The van der Waals surface area contributed by atoms with Gasteiger partial charge in [-0.15, -0.1) is 0 Å². The molecule has 3 aromatic rings. The number of nitriles is 1. The smallest absolute Gasteiger partial charge is 0.225 e. The summed E-state index contributed by atoms with van der Waals surface area (Å²) in [5, 5.41) is 16.1. The fourth-order valence-corrected chi connectivity index (χ4v) is 3.30. The molecule has 0 atom stereocenters. The minimum atomic E-state index is -0.110. The van der Waals surface area contributed by atoms with Crippen molar-refractivity contribution in [3.05, 3.63) is 70.3 Å². The molecular weight excluding hydrogens is 448 g/mol. The van der Waals surface area contributed by atoms with Gasteiger partial charge in [-0.05, 0) is 36.2 Å². The maximum atomic E-state index is 12.3. The Bertz CT molecular complexity index is 1060. The largest absolute Gasteiger partial charge is 0.493 e. The van der Waals surface area contributed by atoms with Crippen LogP contribution in [0.1, 0.15) is 24.0 Å². The van der Waals surface area contributed by atoms with Crippen molar-refractivity contribution in [3.8, 4) is 17.6 Å². The lowest BCUT2D eigenvalue weighted by atomic mass is 10.2. The van der Waals surface area contributed by atoms with Crippen molar-refractivity contribution in [1.82, 2.24) is 9.78 Å². The van der Waals surface area contributed by atoms with E-state index in [0.29, 0.717) is 48.9 Å². The third-order valence-electron chi connectivity index (χ3n) is 4.30. The van der Waals surface area contributed by atoms with Gasteiger partial charge < -0.3 is 14.8 Å². The summed E-state index contributed by atoms with van der Waals surface area (Å²) >= 11 is 3.46. The number of hydrogen-bond acceptors (Lipinski definition) is 5. The first-order valence-corrected chi connectivity index (χ1v) is 10.2. The number of amides is 1. The molecule has 0 fully saturated rings. The Kier molecular flexibility index (Phi) is 7.46. The van der Waals surface area contributed by atoms with Crippen molar-refractivity contribution in [2.24, 2.45) is 0 Å². The van der Waals surface area contributed by atoms with Crippen LogP contribution in [0.15, 0.2) is 59.2 Å². The van der Waals surface area contributed by atoms with Gasteiger partial charge in [-0.1, -0.05) is 28.1 Å². The molecule has 0 aliphatic carbocycles. The van der Waals surface area contributed by atoms with E-state index >= 15 is 0 Å². The maximum absolute atomic E-state index is 12.3. The summed E-state index contributed by atoms with van der Waals surface area (Å²) in [5.41, 5.74) is 1.58. The van der Waals surface area contributed by atoms with Crippen LogP contribution < -0.4 is 14.8 Å². The first-order chi connectivity index (χ1) is 14.6. The second-order valence-corrected chi connectivity index (χ2v) is 7.40. The summed E-state index contributed by atoms with van der Waals surface area (Å²) in [6, 6.07) is 16.8. The van der Waals surface area contributed by atoms with Gasteiger partial charge in [0.1, 0.15) is 5.82 Å². The molecular formula is C22H21BrN4O3. The van der Waals surface area contributed by atoms with Crippen molar-refractivity contribution in [3.63, 3.8) is 0 Å². The number of nitrogens with one attached hydrogen (secondary N) is 1. The Morgan fingerprint density at radius 3 is 2.87 bits per heavy atom. The second-order valence-electron chi connectivity index (χ2n) is 6.48. The average Bonchev–Trinajstić information content (AvgIpc) is 3.17. The summed E-state index contributed by atoms with van der Waals surface area (Å²) in [4.78, 5) is 12.3. The molecule has 154 valence electrons. The number of carbonyl (C=O) groups is 1. The Morgan fingerprint density at radius 1 is 1.23 bits per heavy atom. The third-order valence-corrected chi connectivity index (χ3v) is 4.80. The number of nitrogens with zero attached hydrogens (tertiary/aromatic N) is 3. The highest BCUT2D eigenvalue weighted by Crippen LogP contribution is 2.28. The topological polar surface area (TPSA) is 89.2 Å². The second kappa shape index (κ2) is 10.5. The zero-order valence-corrected chi connectivity index (χ0v) is 18.1. The fourth-order valence-electron chi connectivity index (χ4n) is 2.85. The number of carbonyl (C=O) groups excluding carboxylic acids is 1. The highest BCUT2D eigenvalue weighted by atomic mass is 79.9. The van der Waals surface area contributed by atoms with Crippen LogP contribution in [0.4, 0.5) is 5.82 Å². The molecule has 1 N–H and O–H groups in total. The molecule has 3 rings (SSSR count). The number of rotatable bonds is 9. The van der Waals surface area contributed by atoms with Crippen molar-refractivity contribution >= 4 is 27.7 Å². The van der Waals surface area contributed by atoms with E-state index < -0.39 is 0 Å². The maximum Gasteiger partial charge on any atom is 0.225 e. The van der Waals surface area contributed by atoms with Gasteiger partial charge in [0.15, 0.2) is 11.5 Å². The van der Waals surface area contributed by atoms with Crippen molar-refractivity contribution in [1.29, 1.82) is 5.26 Å². The van der Waals surface area contributed by atoms with E-state index in [1.165, 1.54) is 7.11 Å². The van der Waals surface area contributed by atoms with Crippen LogP contribution in [-0.2, 0) is 11.3 Å². The fraction of sp³-hybridized carbons (Fsp3) is 0.227. The zero-order valence-electron chi connectivity index (χ0n) is 16.5. The molecule has 1 aromatic heterocycles. The molecule has 0 saturated carbocycles. The minimum Gasteiger partial charge on any atom is -0.493 e. The lowest BCUT2D eigenvalue weighted by molar-refractivity contribution is -0.116. The molecule has 2 aromatic carbocycles. The van der Waals surface area contributed by atoms with Crippen molar-refractivity contribution in [2.75, 3.05) is 19.0 Å². The lowest BCUT2D eigenvalue weighted by Gasteiger charge is -2.11. The Labute approximate surface area is 183 Å². The summed E-state index contributed by atoms with van der Waals surface area (Å²) in [5.74, 6) is 1.58. The van der Waals surface area contributed by atoms with Gasteiger partial charge >= 0.3 is 0 Å². The first kappa shape index (κ1) is 21.4. The van der Waals surface area contributed by atoms with Gasteiger partial charge in [0.2, 0.25) is 5.91 Å². The Morgan fingerprint density at radius 2 is 2.10 bits per heavy atom. The van der Waals surface area contributed by atoms with Gasteiger partial charge in [0, 0.05) is 23.0 Å². The summed E-state index contributed by atoms with van der Waals surface area (Å²) < 4.78 is 13.7.